The Kier molecular flexibility index (Phi) is 4.73. The van der Waals surface area contributed by atoms with Crippen molar-refractivity contribution in [3.8, 4) is 0 Å². The molecule has 0 unspecified atom stereocenters. The minimum absolute atomic E-state index is 0.248. The number of likely N-dealkylation sites (tertiary alicyclic amines) is 1. The van der Waals surface area contributed by atoms with Crippen molar-refractivity contribution in [3.05, 3.63) is 30.1 Å². The van der Waals surface area contributed by atoms with Gasteiger partial charge in [-0.05, 0) is 45.4 Å². The second-order valence-electron chi connectivity index (χ2n) is 6.69. The molecule has 1 saturated heterocycles. The van der Waals surface area contributed by atoms with Crippen LogP contribution in [-0.4, -0.2) is 53.9 Å². The molecule has 1 aliphatic heterocycles. The van der Waals surface area contributed by atoms with Crippen LogP contribution in [0.1, 0.15) is 38.4 Å². The Balaban J connectivity index is 1.66. The number of benzene rings is 1. The van der Waals surface area contributed by atoms with E-state index in [0.717, 1.165) is 42.8 Å². The van der Waals surface area contributed by atoms with Crippen LogP contribution in [-0.2, 0) is 9.84 Å². The summed E-state index contributed by atoms with van der Waals surface area (Å²) in [7, 11) is -2.97. The molecule has 23 heavy (non-hydrogen) atoms. The molecular formula is C17H25N3O2S. The van der Waals surface area contributed by atoms with Crippen molar-refractivity contribution in [3.63, 3.8) is 0 Å². The van der Waals surface area contributed by atoms with Crippen LogP contribution in [0.25, 0.3) is 11.0 Å². The summed E-state index contributed by atoms with van der Waals surface area (Å²) < 4.78 is 24.0. The molecule has 1 aromatic heterocycles. The third kappa shape index (κ3) is 3.75. The summed E-state index contributed by atoms with van der Waals surface area (Å²) in [4.78, 5) is 10.4. The molecule has 5 nitrogen and oxygen atoms in total. The fourth-order valence-corrected chi connectivity index (χ4v) is 4.12. The van der Waals surface area contributed by atoms with Crippen LogP contribution in [0.2, 0.25) is 0 Å². The number of sulfone groups is 1. The Morgan fingerprint density at radius 3 is 2.87 bits per heavy atom. The Labute approximate surface area is 138 Å². The highest BCUT2D eigenvalue weighted by molar-refractivity contribution is 7.92. The van der Waals surface area contributed by atoms with E-state index in [1.807, 2.05) is 24.3 Å². The minimum Gasteiger partial charge on any atom is -0.342 e. The smallest absolute Gasteiger partial charge is 0.153 e. The van der Waals surface area contributed by atoms with Crippen LogP contribution >= 0.6 is 0 Å². The van der Waals surface area contributed by atoms with Crippen molar-refractivity contribution in [1.82, 2.24) is 14.9 Å². The zero-order chi connectivity index (χ0) is 16.4. The Morgan fingerprint density at radius 2 is 2.13 bits per heavy atom. The third-order valence-corrected chi connectivity index (χ3v) is 6.90. The van der Waals surface area contributed by atoms with Gasteiger partial charge in [0.2, 0.25) is 0 Å². The van der Waals surface area contributed by atoms with Crippen LogP contribution in [0, 0.1) is 0 Å². The predicted octanol–water partition coefficient (Wildman–Crippen LogP) is 2.57. The topological polar surface area (TPSA) is 66.1 Å². The molecule has 0 amide bonds. The van der Waals surface area contributed by atoms with Gasteiger partial charge in [0.15, 0.2) is 9.84 Å². The standard InChI is InChI=1S/C17H25N3O2S/c1-13(2)23(21,22)11-10-20-9-5-6-14(12-20)17-18-15-7-3-4-8-16(15)19-17/h3-4,7-8,13-14H,5-6,9-12H2,1-2H3,(H,18,19)/t14-/m0/s1. The molecule has 1 fully saturated rings. The van der Waals surface area contributed by atoms with Crippen molar-refractivity contribution in [1.29, 1.82) is 0 Å². The maximum atomic E-state index is 12.0. The van der Waals surface area contributed by atoms with Crippen LogP contribution in [0.15, 0.2) is 24.3 Å². The molecule has 126 valence electrons. The van der Waals surface area contributed by atoms with Gasteiger partial charge in [-0.2, -0.15) is 0 Å². The number of imidazole rings is 1. The summed E-state index contributed by atoms with van der Waals surface area (Å²) in [6.45, 7) is 5.99. The number of piperidine rings is 1. The fraction of sp³-hybridized carbons (Fsp3) is 0.588. The monoisotopic (exact) mass is 335 g/mol. The number of H-pyrrole nitrogens is 1. The highest BCUT2D eigenvalue weighted by Gasteiger charge is 2.25. The van der Waals surface area contributed by atoms with E-state index < -0.39 is 9.84 Å². The average Bonchev–Trinajstić information content (AvgIpc) is 2.97. The Morgan fingerprint density at radius 1 is 1.35 bits per heavy atom. The molecule has 0 spiro atoms. The number of aromatic amines is 1. The Bertz CT molecular complexity index is 734. The number of rotatable bonds is 5. The summed E-state index contributed by atoms with van der Waals surface area (Å²) in [6.07, 6.45) is 2.19. The summed E-state index contributed by atoms with van der Waals surface area (Å²) in [5, 5.41) is -0.293. The predicted molar refractivity (Wildman–Crippen MR) is 93.4 cm³/mol. The van der Waals surface area contributed by atoms with Crippen molar-refractivity contribution in [2.75, 3.05) is 25.4 Å². The van der Waals surface area contributed by atoms with Gasteiger partial charge in [0.25, 0.3) is 0 Å². The van der Waals surface area contributed by atoms with Crippen molar-refractivity contribution in [2.45, 2.75) is 37.9 Å². The molecule has 2 heterocycles. The summed E-state index contributed by atoms with van der Waals surface area (Å²) in [5.41, 5.74) is 2.07. The van der Waals surface area contributed by atoms with Gasteiger partial charge in [-0.25, -0.2) is 13.4 Å². The SMILES string of the molecule is CC(C)S(=O)(=O)CCN1CCC[C@H](c2nc3ccccc3[nH]2)C1. The number of nitrogens with one attached hydrogen (secondary N) is 1. The second-order valence-corrected chi connectivity index (χ2v) is 9.37. The van der Waals surface area contributed by atoms with E-state index in [2.05, 4.69) is 9.88 Å². The molecule has 1 atom stereocenters. The summed E-state index contributed by atoms with van der Waals surface area (Å²) >= 11 is 0. The lowest BCUT2D eigenvalue weighted by Crippen LogP contribution is -2.38. The number of hydrogen-bond acceptors (Lipinski definition) is 4. The van der Waals surface area contributed by atoms with E-state index in [9.17, 15) is 8.42 Å². The third-order valence-electron chi connectivity index (χ3n) is 4.71. The fourth-order valence-electron chi connectivity index (χ4n) is 3.14. The van der Waals surface area contributed by atoms with E-state index in [-0.39, 0.29) is 11.0 Å². The number of hydrogen-bond donors (Lipinski definition) is 1. The van der Waals surface area contributed by atoms with Crippen LogP contribution in [0.3, 0.4) is 0 Å². The van der Waals surface area contributed by atoms with Gasteiger partial charge in [-0.15, -0.1) is 0 Å². The van der Waals surface area contributed by atoms with Gasteiger partial charge in [-0.1, -0.05) is 12.1 Å². The number of nitrogens with zero attached hydrogens (tertiary/aromatic N) is 2. The van der Waals surface area contributed by atoms with E-state index in [0.29, 0.717) is 12.5 Å². The van der Waals surface area contributed by atoms with E-state index in [1.165, 1.54) is 0 Å². The highest BCUT2D eigenvalue weighted by Crippen LogP contribution is 2.26. The molecule has 1 aromatic carbocycles. The number of fused-ring (bicyclic) bond motifs is 1. The minimum atomic E-state index is -2.97. The molecule has 2 aromatic rings. The maximum absolute atomic E-state index is 12.0. The lowest BCUT2D eigenvalue weighted by atomic mass is 9.97. The van der Waals surface area contributed by atoms with E-state index in [1.54, 1.807) is 13.8 Å². The van der Waals surface area contributed by atoms with E-state index >= 15 is 0 Å². The second kappa shape index (κ2) is 6.61. The maximum Gasteiger partial charge on any atom is 0.153 e. The van der Waals surface area contributed by atoms with Gasteiger partial charge >= 0.3 is 0 Å². The molecule has 0 bridgehead atoms. The number of para-hydroxylation sites is 2. The summed E-state index contributed by atoms with van der Waals surface area (Å²) in [5.74, 6) is 1.64. The first-order chi connectivity index (χ1) is 11.0. The van der Waals surface area contributed by atoms with Crippen molar-refractivity contribution < 1.29 is 8.42 Å². The first-order valence-electron chi connectivity index (χ1n) is 8.34. The molecule has 3 rings (SSSR count). The molecule has 0 radical (unpaired) electrons. The average molecular weight is 335 g/mol. The summed E-state index contributed by atoms with van der Waals surface area (Å²) in [6, 6.07) is 8.07. The Hall–Kier alpha value is -1.40. The van der Waals surface area contributed by atoms with Gasteiger partial charge in [0.1, 0.15) is 5.82 Å². The van der Waals surface area contributed by atoms with Crippen molar-refractivity contribution in [2.24, 2.45) is 0 Å². The van der Waals surface area contributed by atoms with Gasteiger partial charge in [0, 0.05) is 19.0 Å². The molecular weight excluding hydrogens is 310 g/mol. The van der Waals surface area contributed by atoms with Crippen LogP contribution < -0.4 is 0 Å². The van der Waals surface area contributed by atoms with E-state index in [4.69, 9.17) is 4.98 Å². The quantitative estimate of drug-likeness (QED) is 0.912. The van der Waals surface area contributed by atoms with Crippen LogP contribution in [0.5, 0.6) is 0 Å². The molecule has 1 N–H and O–H groups in total. The molecule has 1 aliphatic rings. The largest absolute Gasteiger partial charge is 0.342 e. The highest BCUT2D eigenvalue weighted by atomic mass is 32.2. The van der Waals surface area contributed by atoms with Gasteiger partial charge in [-0.3, -0.25) is 0 Å². The zero-order valence-electron chi connectivity index (χ0n) is 13.8. The van der Waals surface area contributed by atoms with Crippen LogP contribution in [0.4, 0.5) is 0 Å². The first-order valence-corrected chi connectivity index (χ1v) is 10.1. The van der Waals surface area contributed by atoms with Gasteiger partial charge in [0.05, 0.1) is 22.0 Å². The lowest BCUT2D eigenvalue weighted by Gasteiger charge is -2.31. The van der Waals surface area contributed by atoms with Gasteiger partial charge < -0.3 is 9.88 Å². The number of aromatic nitrogens is 2. The van der Waals surface area contributed by atoms with Crippen molar-refractivity contribution >= 4 is 20.9 Å². The molecule has 6 heteroatoms. The zero-order valence-corrected chi connectivity index (χ0v) is 14.6. The first kappa shape index (κ1) is 16.5. The molecule has 0 aliphatic carbocycles. The molecule has 0 saturated carbocycles. The normalized spacial score (nSPS) is 20.4. The lowest BCUT2D eigenvalue weighted by molar-refractivity contribution is 0.215.